The summed E-state index contributed by atoms with van der Waals surface area (Å²) in [5.41, 5.74) is 0.518. The van der Waals surface area contributed by atoms with E-state index >= 15 is 0 Å². The zero-order chi connectivity index (χ0) is 16.5. The van der Waals surface area contributed by atoms with Crippen LogP contribution in [-0.2, 0) is 0 Å². The van der Waals surface area contributed by atoms with E-state index in [0.29, 0.717) is 18.7 Å². The summed E-state index contributed by atoms with van der Waals surface area (Å²) in [7, 11) is 0. The first kappa shape index (κ1) is 17.2. The molecular weight excluding hydrogens is 292 g/mol. The molecule has 3 N–H and O–H groups in total. The van der Waals surface area contributed by atoms with Crippen LogP contribution in [0, 0.1) is 5.92 Å². The van der Waals surface area contributed by atoms with Gasteiger partial charge in [-0.1, -0.05) is 26.2 Å². The number of amides is 3. The summed E-state index contributed by atoms with van der Waals surface area (Å²) in [6, 6.07) is 3.55. The first-order valence-corrected chi connectivity index (χ1v) is 8.41. The number of nitrogens with one attached hydrogen (secondary N) is 3. The topological polar surface area (TPSA) is 83.1 Å². The lowest BCUT2D eigenvalue weighted by molar-refractivity contribution is 0.0953. The van der Waals surface area contributed by atoms with Crippen molar-refractivity contribution in [1.29, 1.82) is 0 Å². The van der Waals surface area contributed by atoms with E-state index in [4.69, 9.17) is 0 Å². The van der Waals surface area contributed by atoms with Crippen molar-refractivity contribution in [2.24, 2.45) is 5.92 Å². The van der Waals surface area contributed by atoms with Crippen LogP contribution in [0.5, 0.6) is 0 Å². The molecule has 0 bridgehead atoms. The van der Waals surface area contributed by atoms with Gasteiger partial charge in [0.2, 0.25) is 0 Å². The number of urea groups is 1. The molecule has 1 aromatic heterocycles. The quantitative estimate of drug-likeness (QED) is 0.702. The van der Waals surface area contributed by atoms with Gasteiger partial charge in [0.25, 0.3) is 5.91 Å². The Bertz CT molecular complexity index is 507. The molecule has 0 aliphatic heterocycles. The standard InChI is InChI=1S/C17H26N4O2/c1-2-13-5-3-7-15(11-13)21-17(23)20-10-9-19-16(22)14-6-4-8-18-12-14/h4,6,8,12-13,15H,2-3,5,7,9-11H2,1H3,(H,19,22)(H2,20,21,23). The van der Waals surface area contributed by atoms with E-state index in [2.05, 4.69) is 27.9 Å². The third-order valence-corrected chi connectivity index (χ3v) is 4.32. The molecule has 1 fully saturated rings. The number of carbonyl (C=O) groups excluding carboxylic acids is 2. The van der Waals surface area contributed by atoms with E-state index in [1.54, 1.807) is 18.3 Å². The van der Waals surface area contributed by atoms with Gasteiger partial charge in [-0.15, -0.1) is 0 Å². The number of hydrogen-bond acceptors (Lipinski definition) is 3. The first-order chi connectivity index (χ1) is 11.2. The second kappa shape index (κ2) is 9.12. The molecule has 23 heavy (non-hydrogen) atoms. The summed E-state index contributed by atoms with van der Waals surface area (Å²) in [5, 5.41) is 8.57. The van der Waals surface area contributed by atoms with Gasteiger partial charge in [0.15, 0.2) is 0 Å². The minimum absolute atomic E-state index is 0.151. The molecule has 0 aromatic carbocycles. The summed E-state index contributed by atoms with van der Waals surface area (Å²) in [6.07, 6.45) is 8.91. The van der Waals surface area contributed by atoms with Crippen molar-refractivity contribution >= 4 is 11.9 Å². The number of aromatic nitrogens is 1. The maximum atomic E-state index is 11.9. The molecule has 0 spiro atoms. The third kappa shape index (κ3) is 5.88. The van der Waals surface area contributed by atoms with E-state index in [-0.39, 0.29) is 18.0 Å². The van der Waals surface area contributed by atoms with Crippen LogP contribution in [0.2, 0.25) is 0 Å². The summed E-state index contributed by atoms with van der Waals surface area (Å²) >= 11 is 0. The fourth-order valence-electron chi connectivity index (χ4n) is 2.98. The maximum absolute atomic E-state index is 11.9. The molecule has 1 heterocycles. The molecule has 3 amide bonds. The lowest BCUT2D eigenvalue weighted by atomic mass is 9.84. The lowest BCUT2D eigenvalue weighted by Gasteiger charge is -2.29. The Labute approximate surface area is 137 Å². The Morgan fingerprint density at radius 1 is 1.26 bits per heavy atom. The van der Waals surface area contributed by atoms with Gasteiger partial charge in [-0.2, -0.15) is 0 Å². The maximum Gasteiger partial charge on any atom is 0.315 e. The van der Waals surface area contributed by atoms with Gasteiger partial charge < -0.3 is 16.0 Å². The Morgan fingerprint density at radius 3 is 2.83 bits per heavy atom. The zero-order valence-electron chi connectivity index (χ0n) is 13.7. The molecule has 0 radical (unpaired) electrons. The molecule has 6 heteroatoms. The Hall–Kier alpha value is -2.11. The fourth-order valence-corrected chi connectivity index (χ4v) is 2.98. The minimum atomic E-state index is -0.182. The van der Waals surface area contributed by atoms with E-state index in [0.717, 1.165) is 18.8 Å². The molecule has 1 aliphatic rings. The minimum Gasteiger partial charge on any atom is -0.350 e. The van der Waals surface area contributed by atoms with E-state index < -0.39 is 0 Å². The van der Waals surface area contributed by atoms with Crippen molar-refractivity contribution in [3.05, 3.63) is 30.1 Å². The number of pyridine rings is 1. The number of nitrogens with zero attached hydrogens (tertiary/aromatic N) is 1. The molecule has 6 nitrogen and oxygen atoms in total. The average Bonchev–Trinajstić information content (AvgIpc) is 2.59. The van der Waals surface area contributed by atoms with Gasteiger partial charge in [0.05, 0.1) is 5.56 Å². The molecule has 2 atom stereocenters. The molecule has 0 saturated heterocycles. The summed E-state index contributed by atoms with van der Waals surface area (Å²) < 4.78 is 0. The molecule has 1 aliphatic carbocycles. The monoisotopic (exact) mass is 318 g/mol. The van der Waals surface area contributed by atoms with Crippen LogP contribution in [-0.4, -0.2) is 36.1 Å². The van der Waals surface area contributed by atoms with E-state index in [9.17, 15) is 9.59 Å². The van der Waals surface area contributed by atoms with Gasteiger partial charge in [0.1, 0.15) is 0 Å². The van der Waals surface area contributed by atoms with Gasteiger partial charge in [-0.05, 0) is 30.9 Å². The fraction of sp³-hybridized carbons (Fsp3) is 0.588. The Balaban J connectivity index is 1.60. The third-order valence-electron chi connectivity index (χ3n) is 4.32. The highest BCUT2D eigenvalue weighted by Crippen LogP contribution is 2.26. The molecule has 1 aromatic rings. The summed E-state index contributed by atoms with van der Waals surface area (Å²) in [4.78, 5) is 27.6. The predicted octanol–water partition coefficient (Wildman–Crippen LogP) is 2.08. The van der Waals surface area contributed by atoms with Gasteiger partial charge in [-0.3, -0.25) is 9.78 Å². The lowest BCUT2D eigenvalue weighted by Crippen LogP contribution is -2.46. The normalized spacial score (nSPS) is 20.6. The van der Waals surface area contributed by atoms with Gasteiger partial charge >= 0.3 is 6.03 Å². The molecule has 2 unspecified atom stereocenters. The molecule has 2 rings (SSSR count). The Kier molecular flexibility index (Phi) is 6.84. The average molecular weight is 318 g/mol. The van der Waals surface area contributed by atoms with Crippen molar-refractivity contribution in [2.75, 3.05) is 13.1 Å². The summed E-state index contributed by atoms with van der Waals surface area (Å²) in [5.74, 6) is 0.547. The van der Waals surface area contributed by atoms with Crippen molar-refractivity contribution in [3.63, 3.8) is 0 Å². The zero-order valence-corrected chi connectivity index (χ0v) is 13.7. The van der Waals surface area contributed by atoms with Crippen LogP contribution in [0.4, 0.5) is 4.79 Å². The van der Waals surface area contributed by atoms with Gasteiger partial charge in [-0.25, -0.2) is 4.79 Å². The number of hydrogen-bond donors (Lipinski definition) is 3. The highest BCUT2D eigenvalue weighted by Gasteiger charge is 2.21. The van der Waals surface area contributed by atoms with Crippen LogP contribution in [0.15, 0.2) is 24.5 Å². The largest absolute Gasteiger partial charge is 0.350 e. The van der Waals surface area contributed by atoms with Crippen molar-refractivity contribution in [2.45, 2.75) is 45.1 Å². The summed E-state index contributed by atoms with van der Waals surface area (Å²) in [6.45, 7) is 3.00. The van der Waals surface area contributed by atoms with Crippen molar-refractivity contribution in [3.8, 4) is 0 Å². The van der Waals surface area contributed by atoms with Crippen molar-refractivity contribution < 1.29 is 9.59 Å². The van der Waals surface area contributed by atoms with Crippen LogP contribution >= 0.6 is 0 Å². The van der Waals surface area contributed by atoms with Crippen LogP contribution < -0.4 is 16.0 Å². The second-order valence-corrected chi connectivity index (χ2v) is 6.04. The highest BCUT2D eigenvalue weighted by molar-refractivity contribution is 5.93. The van der Waals surface area contributed by atoms with Crippen LogP contribution in [0.25, 0.3) is 0 Å². The molecule has 126 valence electrons. The van der Waals surface area contributed by atoms with Crippen LogP contribution in [0.3, 0.4) is 0 Å². The first-order valence-electron chi connectivity index (χ1n) is 8.41. The predicted molar refractivity (Wildman–Crippen MR) is 89.1 cm³/mol. The Morgan fingerprint density at radius 2 is 2.09 bits per heavy atom. The van der Waals surface area contributed by atoms with E-state index in [1.165, 1.54) is 25.5 Å². The second-order valence-electron chi connectivity index (χ2n) is 6.04. The van der Waals surface area contributed by atoms with Gasteiger partial charge in [0, 0.05) is 31.5 Å². The smallest absolute Gasteiger partial charge is 0.315 e. The molecule has 1 saturated carbocycles. The molecular formula is C17H26N4O2. The van der Waals surface area contributed by atoms with Crippen molar-refractivity contribution in [1.82, 2.24) is 20.9 Å². The SMILES string of the molecule is CCC1CCCC(NC(=O)NCCNC(=O)c2cccnc2)C1. The van der Waals surface area contributed by atoms with E-state index in [1.807, 2.05) is 0 Å². The number of rotatable bonds is 6. The van der Waals surface area contributed by atoms with Crippen LogP contribution in [0.1, 0.15) is 49.4 Å². The number of carbonyl (C=O) groups is 2. The highest BCUT2D eigenvalue weighted by atomic mass is 16.2.